The molecule has 4 atom stereocenters. The number of ether oxygens (including phenoxy) is 2. The molecular formula is C42H73O11P. The van der Waals surface area contributed by atoms with Gasteiger partial charge in [0.25, 0.3) is 0 Å². The second-order valence-electron chi connectivity index (χ2n) is 14.0. The van der Waals surface area contributed by atoms with E-state index in [0.29, 0.717) is 19.3 Å². The molecule has 0 spiro atoms. The second kappa shape index (κ2) is 36.3. The predicted molar refractivity (Wildman–Crippen MR) is 216 cm³/mol. The van der Waals surface area contributed by atoms with Crippen LogP contribution in [0.2, 0.25) is 0 Å². The Morgan fingerprint density at radius 1 is 0.648 bits per heavy atom. The molecule has 0 radical (unpaired) electrons. The molecule has 12 heteroatoms. The summed E-state index contributed by atoms with van der Waals surface area (Å²) in [5.74, 6) is -0.361. The van der Waals surface area contributed by atoms with E-state index in [1.165, 1.54) is 44.9 Å². The Bertz CT molecular complexity index is 1120. The number of aliphatic hydroxyl groups is 3. The van der Waals surface area contributed by atoms with Gasteiger partial charge in [0.05, 0.1) is 25.9 Å². The molecule has 0 fully saturated rings. The molecule has 0 bridgehead atoms. The summed E-state index contributed by atoms with van der Waals surface area (Å²) in [6.07, 6.45) is 33.8. The number of hydrogen-bond acceptors (Lipinski definition) is 10. The predicted octanol–water partition coefficient (Wildman–Crippen LogP) is 9.16. The Labute approximate surface area is 326 Å². The van der Waals surface area contributed by atoms with Gasteiger partial charge in [0.15, 0.2) is 6.10 Å². The minimum Gasteiger partial charge on any atom is -0.462 e. The average Bonchev–Trinajstić information content (AvgIpc) is 3.13. The van der Waals surface area contributed by atoms with Gasteiger partial charge in [-0.25, -0.2) is 4.57 Å². The SMILES string of the molecule is CC/C=C\C/C=C\C/C=C\C/C=C\C=C\C(O)CCCC(=O)OC[C@H](COP(=O)(O)OC[C@@H](O)CO)OC(=O)CCCCCCCCCCCCC(C)C. The molecule has 11 nitrogen and oxygen atoms in total. The lowest BCUT2D eigenvalue weighted by atomic mass is 10.0. The average molecular weight is 785 g/mol. The van der Waals surface area contributed by atoms with Gasteiger partial charge in [-0.05, 0) is 50.9 Å². The molecular weight excluding hydrogens is 711 g/mol. The maximum atomic E-state index is 12.6. The van der Waals surface area contributed by atoms with Crippen LogP contribution in [-0.4, -0.2) is 76.9 Å². The topological polar surface area (TPSA) is 169 Å². The quantitative estimate of drug-likeness (QED) is 0.0157. The van der Waals surface area contributed by atoms with Crippen molar-refractivity contribution in [2.75, 3.05) is 26.4 Å². The van der Waals surface area contributed by atoms with E-state index in [1.807, 2.05) is 12.2 Å². The fourth-order valence-corrected chi connectivity index (χ4v) is 5.88. The van der Waals surface area contributed by atoms with Gasteiger partial charge in [0.2, 0.25) is 0 Å². The maximum absolute atomic E-state index is 12.6. The van der Waals surface area contributed by atoms with Crippen LogP contribution in [0.5, 0.6) is 0 Å². The van der Waals surface area contributed by atoms with Crippen molar-refractivity contribution in [1.82, 2.24) is 0 Å². The van der Waals surface area contributed by atoms with Crippen molar-refractivity contribution in [3.05, 3.63) is 60.8 Å². The number of phosphoric acid groups is 1. The molecule has 0 aliphatic heterocycles. The Morgan fingerprint density at radius 3 is 1.78 bits per heavy atom. The molecule has 0 saturated carbocycles. The van der Waals surface area contributed by atoms with Crippen LogP contribution in [0.1, 0.15) is 143 Å². The van der Waals surface area contributed by atoms with Crippen molar-refractivity contribution < 1.29 is 52.9 Å². The summed E-state index contributed by atoms with van der Waals surface area (Å²) in [7, 11) is -4.66. The number of rotatable bonds is 36. The third-order valence-electron chi connectivity index (χ3n) is 8.22. The number of phosphoric ester groups is 1. The van der Waals surface area contributed by atoms with E-state index < -0.39 is 64.5 Å². The lowest BCUT2D eigenvalue weighted by Gasteiger charge is -2.20. The molecule has 4 N–H and O–H groups in total. The van der Waals surface area contributed by atoms with Crippen LogP contribution < -0.4 is 0 Å². The normalized spacial score (nSPS) is 15.3. The largest absolute Gasteiger partial charge is 0.472 e. The van der Waals surface area contributed by atoms with Crippen LogP contribution in [0.3, 0.4) is 0 Å². The molecule has 0 amide bonds. The monoisotopic (exact) mass is 784 g/mol. The Morgan fingerprint density at radius 2 is 1.19 bits per heavy atom. The first-order chi connectivity index (χ1) is 26.0. The van der Waals surface area contributed by atoms with E-state index in [2.05, 4.69) is 61.8 Å². The van der Waals surface area contributed by atoms with Crippen LogP contribution in [0.4, 0.5) is 0 Å². The fraction of sp³-hybridized carbons (Fsp3) is 0.714. The fourth-order valence-electron chi connectivity index (χ4n) is 5.09. The van der Waals surface area contributed by atoms with Crippen LogP contribution in [0, 0.1) is 5.92 Å². The van der Waals surface area contributed by atoms with Gasteiger partial charge in [-0.2, -0.15) is 0 Å². The molecule has 312 valence electrons. The number of esters is 2. The standard InChI is InChI=1S/C42H73O11P/c1-4-5-6-7-8-9-10-11-12-16-19-22-25-29-38(44)30-27-32-41(46)50-35-40(36-52-54(48,49)51-34-39(45)33-43)53-42(47)31-26-23-20-17-14-13-15-18-21-24-28-37(2)3/h5-6,8-9,11-12,19,22,25,29,37-40,43-45H,4,7,10,13-18,20-21,23-24,26-28,30-36H2,1-3H3,(H,48,49)/b6-5-,9-8-,12-11-,22-19-,29-25+/t38?,39-,40+/m0/s1. The van der Waals surface area contributed by atoms with Crippen molar-refractivity contribution >= 4 is 19.8 Å². The molecule has 0 aromatic rings. The van der Waals surface area contributed by atoms with Crippen LogP contribution in [0.25, 0.3) is 0 Å². The zero-order valence-electron chi connectivity index (χ0n) is 33.4. The van der Waals surface area contributed by atoms with Gasteiger partial charge in [-0.3, -0.25) is 18.6 Å². The second-order valence-corrected chi connectivity index (χ2v) is 15.4. The molecule has 0 aromatic heterocycles. The minimum absolute atomic E-state index is 0.00911. The van der Waals surface area contributed by atoms with Crippen LogP contribution >= 0.6 is 7.82 Å². The lowest BCUT2D eigenvalue weighted by molar-refractivity contribution is -0.161. The summed E-state index contributed by atoms with van der Waals surface area (Å²) < 4.78 is 32.5. The highest BCUT2D eigenvalue weighted by atomic mass is 31.2. The summed E-state index contributed by atoms with van der Waals surface area (Å²) in [6, 6.07) is 0. The first kappa shape index (κ1) is 51.6. The van der Waals surface area contributed by atoms with E-state index >= 15 is 0 Å². The third kappa shape index (κ3) is 36.6. The number of hydrogen-bond donors (Lipinski definition) is 4. The highest BCUT2D eigenvalue weighted by molar-refractivity contribution is 7.47. The molecule has 0 rings (SSSR count). The summed E-state index contributed by atoms with van der Waals surface area (Å²) in [5.41, 5.74) is 0. The summed E-state index contributed by atoms with van der Waals surface area (Å²) in [4.78, 5) is 34.9. The van der Waals surface area contributed by atoms with E-state index in [9.17, 15) is 29.3 Å². The molecule has 0 aliphatic carbocycles. The smallest absolute Gasteiger partial charge is 0.462 e. The van der Waals surface area contributed by atoms with Crippen molar-refractivity contribution in [2.24, 2.45) is 5.92 Å². The highest BCUT2D eigenvalue weighted by Gasteiger charge is 2.27. The molecule has 0 aromatic carbocycles. The Balaban J connectivity index is 4.55. The van der Waals surface area contributed by atoms with Gasteiger partial charge in [0.1, 0.15) is 12.7 Å². The van der Waals surface area contributed by atoms with Gasteiger partial charge in [-0.15, -0.1) is 0 Å². The summed E-state index contributed by atoms with van der Waals surface area (Å²) in [5, 5.41) is 28.5. The summed E-state index contributed by atoms with van der Waals surface area (Å²) in [6.45, 7) is 4.31. The minimum atomic E-state index is -4.66. The molecule has 0 heterocycles. The molecule has 0 aliphatic rings. The van der Waals surface area contributed by atoms with E-state index in [4.69, 9.17) is 19.1 Å². The third-order valence-corrected chi connectivity index (χ3v) is 9.17. The van der Waals surface area contributed by atoms with Crippen LogP contribution in [0.15, 0.2) is 60.8 Å². The van der Waals surface area contributed by atoms with Gasteiger partial charge in [0, 0.05) is 12.8 Å². The Kier molecular flexibility index (Phi) is 34.7. The molecule has 2 unspecified atom stereocenters. The number of carbonyl (C=O) groups excluding carboxylic acids is 2. The first-order valence-electron chi connectivity index (χ1n) is 20.2. The first-order valence-corrected chi connectivity index (χ1v) is 21.7. The number of allylic oxidation sites excluding steroid dienone is 9. The van der Waals surface area contributed by atoms with Crippen molar-refractivity contribution in [1.29, 1.82) is 0 Å². The molecule has 54 heavy (non-hydrogen) atoms. The maximum Gasteiger partial charge on any atom is 0.472 e. The van der Waals surface area contributed by atoms with Crippen molar-refractivity contribution in [3.63, 3.8) is 0 Å². The van der Waals surface area contributed by atoms with Crippen molar-refractivity contribution in [3.8, 4) is 0 Å². The zero-order chi connectivity index (χ0) is 40.1. The number of aliphatic hydroxyl groups excluding tert-OH is 3. The van der Waals surface area contributed by atoms with E-state index in [1.54, 1.807) is 12.2 Å². The van der Waals surface area contributed by atoms with Gasteiger partial charge >= 0.3 is 19.8 Å². The molecule has 0 saturated heterocycles. The van der Waals surface area contributed by atoms with Crippen LogP contribution in [-0.2, 0) is 32.7 Å². The lowest BCUT2D eigenvalue weighted by Crippen LogP contribution is -2.30. The highest BCUT2D eigenvalue weighted by Crippen LogP contribution is 2.43. The zero-order valence-corrected chi connectivity index (χ0v) is 34.3. The number of unbranched alkanes of at least 4 members (excludes halogenated alkanes) is 9. The van der Waals surface area contributed by atoms with E-state index in [0.717, 1.165) is 50.9 Å². The van der Waals surface area contributed by atoms with Gasteiger partial charge in [-0.1, -0.05) is 146 Å². The summed E-state index contributed by atoms with van der Waals surface area (Å²) >= 11 is 0. The van der Waals surface area contributed by atoms with Gasteiger partial charge < -0.3 is 29.7 Å². The number of carbonyl (C=O) groups is 2. The Hall–Kier alpha value is -2.37. The van der Waals surface area contributed by atoms with E-state index in [-0.39, 0.29) is 12.8 Å². The van der Waals surface area contributed by atoms with Crippen molar-refractivity contribution in [2.45, 2.75) is 161 Å².